The number of amides is 2. The van der Waals surface area contributed by atoms with Gasteiger partial charge in [-0.3, -0.25) is 0 Å². The number of pyridine rings is 1. The standard InChI is InChI=1S/C11H14O.C9H10F3N3O2.C2H6/c1-11(2)8-7-9-5-3-4-6-10(9)12-11;10-9(11,12)5-17-7-3-6(1-2-14-7)4-15-8(13)16;1-2/h3-6H,7-8H2,1-2H3;1-3H,4-5H2,(H3,13,15,16);1-2H3. The van der Waals surface area contributed by atoms with Crippen molar-refractivity contribution in [3.05, 3.63) is 53.7 Å². The fraction of sp³-hybridized carbons (Fsp3) is 0.455. The first-order valence-corrected chi connectivity index (χ1v) is 9.99. The Bertz CT molecular complexity index is 827. The van der Waals surface area contributed by atoms with E-state index in [0.717, 1.165) is 18.6 Å². The zero-order chi connectivity index (χ0) is 23.5. The summed E-state index contributed by atoms with van der Waals surface area (Å²) in [4.78, 5) is 14.0. The van der Waals surface area contributed by atoms with Gasteiger partial charge >= 0.3 is 12.2 Å². The first-order chi connectivity index (χ1) is 14.5. The minimum Gasteiger partial charge on any atom is -0.488 e. The Morgan fingerprint density at radius 3 is 2.58 bits per heavy atom. The first-order valence-electron chi connectivity index (χ1n) is 9.99. The van der Waals surface area contributed by atoms with E-state index in [2.05, 4.69) is 47.1 Å². The fourth-order valence-electron chi connectivity index (χ4n) is 2.58. The number of aryl methyl sites for hydroxylation is 1. The summed E-state index contributed by atoms with van der Waals surface area (Å²) in [5.41, 5.74) is 6.75. The number of urea groups is 1. The maximum absolute atomic E-state index is 11.9. The molecule has 2 amide bonds. The van der Waals surface area contributed by atoms with Crippen LogP contribution in [0.2, 0.25) is 0 Å². The minimum absolute atomic E-state index is 0.0222. The normalized spacial score (nSPS) is 13.8. The molecule has 0 radical (unpaired) electrons. The van der Waals surface area contributed by atoms with Gasteiger partial charge in [-0.25, -0.2) is 9.78 Å². The molecule has 3 N–H and O–H groups in total. The molecule has 0 saturated heterocycles. The summed E-state index contributed by atoms with van der Waals surface area (Å²) >= 11 is 0. The van der Waals surface area contributed by atoms with Crippen LogP contribution in [0.15, 0.2) is 42.6 Å². The summed E-state index contributed by atoms with van der Waals surface area (Å²) in [5, 5.41) is 2.29. The number of benzene rings is 1. The molecule has 31 heavy (non-hydrogen) atoms. The predicted octanol–water partition coefficient (Wildman–Crippen LogP) is 5.01. The Balaban J connectivity index is 0.000000300. The fourth-order valence-corrected chi connectivity index (χ4v) is 2.58. The third-order valence-electron chi connectivity index (χ3n) is 4.00. The molecule has 2 heterocycles. The van der Waals surface area contributed by atoms with E-state index < -0.39 is 18.8 Å². The van der Waals surface area contributed by atoms with E-state index in [1.54, 1.807) is 0 Å². The SMILES string of the molecule is CC.CC1(C)CCc2ccccc2O1.NC(=O)NCc1ccnc(OCC(F)(F)F)c1. The number of carbonyl (C=O) groups is 1. The van der Waals surface area contributed by atoms with Crippen molar-refractivity contribution in [2.45, 2.75) is 58.9 Å². The summed E-state index contributed by atoms with van der Waals surface area (Å²) in [5.74, 6) is 0.903. The lowest BCUT2D eigenvalue weighted by molar-refractivity contribution is -0.154. The number of hydrogen-bond donors (Lipinski definition) is 2. The lowest BCUT2D eigenvalue weighted by atomic mass is 9.94. The molecule has 0 spiro atoms. The molecule has 2 aromatic rings. The van der Waals surface area contributed by atoms with Crippen LogP contribution in [-0.2, 0) is 13.0 Å². The first kappa shape index (κ1) is 26.1. The Hall–Kier alpha value is -2.97. The topological polar surface area (TPSA) is 86.5 Å². The number of fused-ring (bicyclic) bond motifs is 1. The number of primary amides is 1. The molecular weight excluding hydrogens is 411 g/mol. The Morgan fingerprint density at radius 2 is 1.94 bits per heavy atom. The van der Waals surface area contributed by atoms with Gasteiger partial charge in [0.15, 0.2) is 6.61 Å². The second-order valence-corrected chi connectivity index (χ2v) is 7.09. The van der Waals surface area contributed by atoms with Crippen LogP contribution in [0.1, 0.15) is 45.2 Å². The van der Waals surface area contributed by atoms with Gasteiger partial charge in [0.25, 0.3) is 0 Å². The van der Waals surface area contributed by atoms with Gasteiger partial charge in [0.05, 0.1) is 0 Å². The van der Waals surface area contributed by atoms with Gasteiger partial charge in [-0.05, 0) is 49.9 Å². The summed E-state index contributed by atoms with van der Waals surface area (Å²) in [6, 6.07) is 10.4. The van der Waals surface area contributed by atoms with Crippen molar-refractivity contribution in [3.8, 4) is 11.6 Å². The third-order valence-corrected chi connectivity index (χ3v) is 4.00. The van der Waals surface area contributed by atoms with E-state index in [0.29, 0.717) is 5.56 Å². The molecule has 172 valence electrons. The monoisotopic (exact) mass is 441 g/mol. The van der Waals surface area contributed by atoms with Crippen LogP contribution in [0.25, 0.3) is 0 Å². The smallest absolute Gasteiger partial charge is 0.422 e. The number of nitrogens with one attached hydrogen (secondary N) is 1. The van der Waals surface area contributed by atoms with Gasteiger partial charge in [0.1, 0.15) is 11.4 Å². The summed E-state index contributed by atoms with van der Waals surface area (Å²) in [6.45, 7) is 6.97. The number of aromatic nitrogens is 1. The lowest BCUT2D eigenvalue weighted by Crippen LogP contribution is -2.32. The van der Waals surface area contributed by atoms with Crippen LogP contribution in [0.3, 0.4) is 0 Å². The Morgan fingerprint density at radius 1 is 1.26 bits per heavy atom. The molecule has 0 aliphatic carbocycles. The molecule has 1 aromatic heterocycles. The lowest BCUT2D eigenvalue weighted by Gasteiger charge is -2.32. The largest absolute Gasteiger partial charge is 0.488 e. The number of para-hydroxylation sites is 1. The molecule has 6 nitrogen and oxygen atoms in total. The third kappa shape index (κ3) is 10.6. The zero-order valence-corrected chi connectivity index (χ0v) is 18.3. The number of carbonyl (C=O) groups excluding carboxylic acids is 1. The average molecular weight is 441 g/mol. The summed E-state index contributed by atoms with van der Waals surface area (Å²) in [7, 11) is 0. The molecule has 0 bridgehead atoms. The van der Waals surface area contributed by atoms with Crippen molar-refractivity contribution >= 4 is 6.03 Å². The van der Waals surface area contributed by atoms with E-state index in [-0.39, 0.29) is 18.0 Å². The molecule has 0 fully saturated rings. The quantitative estimate of drug-likeness (QED) is 0.699. The molecule has 3 rings (SSSR count). The van der Waals surface area contributed by atoms with Crippen LogP contribution >= 0.6 is 0 Å². The number of nitrogens with two attached hydrogens (primary N) is 1. The molecule has 0 saturated carbocycles. The van der Waals surface area contributed by atoms with Crippen molar-refractivity contribution < 1.29 is 27.4 Å². The molecule has 9 heteroatoms. The van der Waals surface area contributed by atoms with Crippen LogP contribution in [0, 0.1) is 0 Å². The van der Waals surface area contributed by atoms with Gasteiger partial charge in [0, 0.05) is 18.8 Å². The highest BCUT2D eigenvalue weighted by Crippen LogP contribution is 2.32. The Kier molecular flexibility index (Phi) is 10.1. The maximum Gasteiger partial charge on any atom is 0.422 e. The van der Waals surface area contributed by atoms with Crippen molar-refractivity contribution in [3.63, 3.8) is 0 Å². The van der Waals surface area contributed by atoms with E-state index in [9.17, 15) is 18.0 Å². The molecule has 1 aliphatic heterocycles. The molecule has 0 atom stereocenters. The highest BCUT2D eigenvalue weighted by molar-refractivity contribution is 5.71. The number of nitrogens with zero attached hydrogens (tertiary/aromatic N) is 1. The van der Waals surface area contributed by atoms with Crippen LogP contribution < -0.4 is 20.5 Å². The summed E-state index contributed by atoms with van der Waals surface area (Å²) < 4.78 is 45.9. The molecular formula is C22H30F3N3O3. The highest BCUT2D eigenvalue weighted by Gasteiger charge is 2.28. The van der Waals surface area contributed by atoms with Crippen molar-refractivity contribution in [1.82, 2.24) is 10.3 Å². The minimum atomic E-state index is -4.41. The number of rotatable bonds is 4. The second-order valence-electron chi connectivity index (χ2n) is 7.09. The maximum atomic E-state index is 11.9. The van der Waals surface area contributed by atoms with Crippen molar-refractivity contribution in [1.29, 1.82) is 0 Å². The number of alkyl halides is 3. The van der Waals surface area contributed by atoms with Crippen LogP contribution in [0.5, 0.6) is 11.6 Å². The van der Waals surface area contributed by atoms with Crippen LogP contribution in [-0.4, -0.2) is 29.4 Å². The zero-order valence-electron chi connectivity index (χ0n) is 18.3. The van der Waals surface area contributed by atoms with Crippen molar-refractivity contribution in [2.24, 2.45) is 5.73 Å². The van der Waals surface area contributed by atoms with E-state index in [1.807, 2.05) is 19.9 Å². The second kappa shape index (κ2) is 12.0. The number of hydrogen-bond acceptors (Lipinski definition) is 4. The average Bonchev–Trinajstić information content (AvgIpc) is 2.72. The van der Waals surface area contributed by atoms with E-state index in [4.69, 9.17) is 10.5 Å². The summed E-state index contributed by atoms with van der Waals surface area (Å²) in [6.07, 6.45) is -0.875. The molecule has 0 unspecified atom stereocenters. The van der Waals surface area contributed by atoms with E-state index >= 15 is 0 Å². The van der Waals surface area contributed by atoms with Crippen molar-refractivity contribution in [2.75, 3.05) is 6.61 Å². The predicted molar refractivity (Wildman–Crippen MR) is 113 cm³/mol. The van der Waals surface area contributed by atoms with Gasteiger partial charge in [-0.1, -0.05) is 32.0 Å². The van der Waals surface area contributed by atoms with E-state index in [1.165, 1.54) is 23.9 Å². The Labute approximate surface area is 181 Å². The van der Waals surface area contributed by atoms with Crippen LogP contribution in [0.4, 0.5) is 18.0 Å². The number of halogens is 3. The highest BCUT2D eigenvalue weighted by atomic mass is 19.4. The van der Waals surface area contributed by atoms with Gasteiger partial charge < -0.3 is 20.5 Å². The number of ether oxygens (including phenoxy) is 2. The van der Waals surface area contributed by atoms with Gasteiger partial charge in [-0.2, -0.15) is 13.2 Å². The van der Waals surface area contributed by atoms with Gasteiger partial charge in [0.2, 0.25) is 5.88 Å². The molecule has 1 aliphatic rings. The van der Waals surface area contributed by atoms with Gasteiger partial charge in [-0.15, -0.1) is 0 Å². The molecule has 1 aromatic carbocycles.